The first-order valence-corrected chi connectivity index (χ1v) is 7.01. The van der Waals surface area contributed by atoms with E-state index in [1.165, 1.54) is 11.3 Å². The molecule has 0 radical (unpaired) electrons. The molecule has 1 aromatic rings. The summed E-state index contributed by atoms with van der Waals surface area (Å²) < 4.78 is 0. The number of nitrogens with zero attached hydrogens (tertiary/aromatic N) is 1. The topological polar surface area (TPSA) is 88.2 Å². The molecule has 0 fully saturated rings. The number of nitrogens with one attached hydrogen (secondary N) is 1. The zero-order chi connectivity index (χ0) is 12.1. The summed E-state index contributed by atoms with van der Waals surface area (Å²) in [6, 6.07) is -0.738. The van der Waals surface area contributed by atoms with Crippen molar-refractivity contribution in [1.29, 1.82) is 0 Å². The van der Waals surface area contributed by atoms with E-state index in [9.17, 15) is 4.79 Å². The first kappa shape index (κ1) is 13.3. The number of nitrogens with two attached hydrogens (primary N) is 1. The fourth-order valence-electron chi connectivity index (χ4n) is 1.12. The molecule has 2 unspecified atom stereocenters. The minimum absolute atomic E-state index is 0.301. The Morgan fingerprint density at radius 1 is 1.81 bits per heavy atom. The van der Waals surface area contributed by atoms with Gasteiger partial charge in [-0.25, -0.2) is 4.98 Å². The first-order chi connectivity index (χ1) is 7.54. The quantitative estimate of drug-likeness (QED) is 0.717. The fourth-order valence-corrected chi connectivity index (χ4v) is 2.57. The molecular formula is C9H15N3O2S2. The Balaban J connectivity index is 2.61. The van der Waals surface area contributed by atoms with Crippen molar-refractivity contribution in [3.8, 4) is 0 Å². The molecule has 1 aromatic heterocycles. The largest absolute Gasteiger partial charge is 0.480 e. The average molecular weight is 261 g/mol. The highest BCUT2D eigenvalue weighted by molar-refractivity contribution is 7.98. The molecule has 90 valence electrons. The summed E-state index contributed by atoms with van der Waals surface area (Å²) in [4.78, 5) is 14.8. The van der Waals surface area contributed by atoms with E-state index < -0.39 is 12.0 Å². The minimum Gasteiger partial charge on any atom is -0.480 e. The predicted molar refractivity (Wildman–Crippen MR) is 68.1 cm³/mol. The lowest BCUT2D eigenvalue weighted by atomic mass is 10.2. The summed E-state index contributed by atoms with van der Waals surface area (Å²) in [7, 11) is 0. The minimum atomic E-state index is -1.06. The third kappa shape index (κ3) is 3.66. The van der Waals surface area contributed by atoms with Crippen molar-refractivity contribution in [3.05, 3.63) is 11.1 Å². The van der Waals surface area contributed by atoms with Crippen molar-refractivity contribution in [3.63, 3.8) is 0 Å². The maximum Gasteiger partial charge on any atom is 0.326 e. The van der Waals surface area contributed by atoms with Gasteiger partial charge in [-0.1, -0.05) is 0 Å². The smallest absolute Gasteiger partial charge is 0.326 e. The van der Waals surface area contributed by atoms with Crippen LogP contribution in [0, 0.1) is 0 Å². The standard InChI is InChI=1S/C9H15N3O2S2/c1-5(3-15-2)11-9-12-6(4-16-9)7(10)8(13)14/h4-5,7H,3,10H2,1-2H3,(H,11,12)(H,13,14). The molecule has 0 aliphatic carbocycles. The Morgan fingerprint density at radius 3 is 3.06 bits per heavy atom. The molecule has 0 aliphatic heterocycles. The second kappa shape index (κ2) is 6.07. The lowest BCUT2D eigenvalue weighted by molar-refractivity contribution is -0.138. The highest BCUT2D eigenvalue weighted by atomic mass is 32.2. The van der Waals surface area contributed by atoms with Crippen LogP contribution in [0.3, 0.4) is 0 Å². The van der Waals surface area contributed by atoms with E-state index in [0.29, 0.717) is 16.9 Å². The molecule has 0 spiro atoms. The van der Waals surface area contributed by atoms with Gasteiger partial charge in [0.15, 0.2) is 5.13 Å². The summed E-state index contributed by atoms with van der Waals surface area (Å²) >= 11 is 3.12. The van der Waals surface area contributed by atoms with Crippen LogP contribution in [-0.2, 0) is 4.79 Å². The molecule has 0 bridgehead atoms. The molecule has 1 rings (SSSR count). The molecular weight excluding hydrogens is 246 g/mol. The molecule has 0 amide bonds. The van der Waals surface area contributed by atoms with Crippen LogP contribution >= 0.6 is 23.1 Å². The lowest BCUT2D eigenvalue weighted by Crippen LogP contribution is -2.21. The van der Waals surface area contributed by atoms with E-state index in [-0.39, 0.29) is 0 Å². The monoisotopic (exact) mass is 261 g/mol. The van der Waals surface area contributed by atoms with Gasteiger partial charge in [0.05, 0.1) is 5.69 Å². The third-order valence-electron chi connectivity index (χ3n) is 1.89. The van der Waals surface area contributed by atoms with Crippen LogP contribution in [0.2, 0.25) is 0 Å². The number of carbonyl (C=O) groups is 1. The highest BCUT2D eigenvalue weighted by Gasteiger charge is 2.17. The molecule has 2 atom stereocenters. The highest BCUT2D eigenvalue weighted by Crippen LogP contribution is 2.20. The molecule has 0 aliphatic rings. The molecule has 7 heteroatoms. The zero-order valence-corrected chi connectivity index (χ0v) is 10.8. The van der Waals surface area contributed by atoms with Crippen LogP contribution in [0.4, 0.5) is 5.13 Å². The number of hydrogen-bond acceptors (Lipinski definition) is 6. The van der Waals surface area contributed by atoms with Crippen LogP contribution in [-0.4, -0.2) is 34.1 Å². The Morgan fingerprint density at radius 2 is 2.50 bits per heavy atom. The van der Waals surface area contributed by atoms with Gasteiger partial charge in [-0.2, -0.15) is 11.8 Å². The third-order valence-corrected chi connectivity index (χ3v) is 3.52. The molecule has 1 heterocycles. The summed E-state index contributed by atoms with van der Waals surface area (Å²) in [5.74, 6) is -0.0890. The maximum absolute atomic E-state index is 10.6. The number of rotatable bonds is 6. The van der Waals surface area contributed by atoms with Crippen LogP contribution in [0.5, 0.6) is 0 Å². The van der Waals surface area contributed by atoms with E-state index in [1.807, 2.05) is 6.26 Å². The van der Waals surface area contributed by atoms with Crippen LogP contribution < -0.4 is 11.1 Å². The van der Waals surface area contributed by atoms with E-state index in [1.54, 1.807) is 17.1 Å². The number of thioether (sulfide) groups is 1. The molecule has 5 nitrogen and oxygen atoms in total. The van der Waals surface area contributed by atoms with Crippen LogP contribution in [0.25, 0.3) is 0 Å². The van der Waals surface area contributed by atoms with Gasteiger partial charge in [0.1, 0.15) is 6.04 Å². The Hall–Kier alpha value is -0.790. The summed E-state index contributed by atoms with van der Waals surface area (Å²) in [6.07, 6.45) is 2.03. The van der Waals surface area contributed by atoms with Crippen molar-refractivity contribution in [2.75, 3.05) is 17.3 Å². The molecule has 0 saturated heterocycles. The fraction of sp³-hybridized carbons (Fsp3) is 0.556. The normalized spacial score (nSPS) is 14.4. The van der Waals surface area contributed by atoms with E-state index >= 15 is 0 Å². The van der Waals surface area contributed by atoms with Crippen molar-refractivity contribution >= 4 is 34.2 Å². The maximum atomic E-state index is 10.6. The zero-order valence-electron chi connectivity index (χ0n) is 9.14. The van der Waals surface area contributed by atoms with E-state index in [2.05, 4.69) is 17.2 Å². The first-order valence-electron chi connectivity index (χ1n) is 4.74. The van der Waals surface area contributed by atoms with Crippen molar-refractivity contribution in [2.24, 2.45) is 5.73 Å². The SMILES string of the molecule is CSCC(C)Nc1nc(C(N)C(=O)O)cs1. The molecule has 16 heavy (non-hydrogen) atoms. The van der Waals surface area contributed by atoms with Gasteiger partial charge in [-0.15, -0.1) is 11.3 Å². The second-order valence-electron chi connectivity index (χ2n) is 3.39. The van der Waals surface area contributed by atoms with Gasteiger partial charge < -0.3 is 16.2 Å². The number of carboxylic acid groups (broad SMARTS) is 1. The van der Waals surface area contributed by atoms with Crippen LogP contribution in [0.15, 0.2) is 5.38 Å². The van der Waals surface area contributed by atoms with Crippen molar-refractivity contribution in [1.82, 2.24) is 4.98 Å². The number of carboxylic acids is 1. The lowest BCUT2D eigenvalue weighted by Gasteiger charge is -2.10. The van der Waals surface area contributed by atoms with Crippen LogP contribution in [0.1, 0.15) is 18.7 Å². The number of anilines is 1. The number of aliphatic carboxylic acids is 1. The molecule has 0 aromatic carbocycles. The predicted octanol–water partition coefficient (Wildman–Crippen LogP) is 1.39. The van der Waals surface area contributed by atoms with Crippen molar-refractivity contribution < 1.29 is 9.90 Å². The van der Waals surface area contributed by atoms with Crippen molar-refractivity contribution in [2.45, 2.75) is 19.0 Å². The number of hydrogen-bond donors (Lipinski definition) is 3. The van der Waals surface area contributed by atoms with E-state index in [4.69, 9.17) is 10.8 Å². The number of aromatic nitrogens is 1. The Bertz CT molecular complexity index is 356. The average Bonchev–Trinajstić information content (AvgIpc) is 2.65. The second-order valence-corrected chi connectivity index (χ2v) is 5.16. The van der Waals surface area contributed by atoms with Gasteiger partial charge in [-0.05, 0) is 13.2 Å². The number of thiazole rings is 1. The Labute approximate surface area is 102 Å². The van der Waals surface area contributed by atoms with Gasteiger partial charge in [-0.3, -0.25) is 4.79 Å². The van der Waals surface area contributed by atoms with Gasteiger partial charge in [0.2, 0.25) is 0 Å². The van der Waals surface area contributed by atoms with Gasteiger partial charge >= 0.3 is 5.97 Å². The molecule has 4 N–H and O–H groups in total. The van der Waals surface area contributed by atoms with E-state index in [0.717, 1.165) is 5.75 Å². The Kier molecular flexibility index (Phi) is 5.04. The summed E-state index contributed by atoms with van der Waals surface area (Å²) in [5, 5.41) is 14.3. The summed E-state index contributed by atoms with van der Waals surface area (Å²) in [5.41, 5.74) is 5.85. The van der Waals surface area contributed by atoms with Gasteiger partial charge in [0.25, 0.3) is 0 Å². The summed E-state index contributed by atoms with van der Waals surface area (Å²) in [6.45, 7) is 2.05. The van der Waals surface area contributed by atoms with Gasteiger partial charge in [0, 0.05) is 17.2 Å². The molecule has 0 saturated carbocycles.